The van der Waals surface area contributed by atoms with Gasteiger partial charge in [0, 0.05) is 24.4 Å². The van der Waals surface area contributed by atoms with Crippen molar-refractivity contribution in [1.29, 1.82) is 0 Å². The number of hydrogen-bond acceptors (Lipinski definition) is 4. The van der Waals surface area contributed by atoms with Crippen molar-refractivity contribution >= 4 is 29.4 Å². The van der Waals surface area contributed by atoms with Gasteiger partial charge in [0.2, 0.25) is 11.8 Å². The van der Waals surface area contributed by atoms with Crippen LogP contribution in [0.15, 0.2) is 18.2 Å². The van der Waals surface area contributed by atoms with Crippen LogP contribution in [-0.4, -0.2) is 42.4 Å². The number of halogens is 1. The zero-order valence-electron chi connectivity index (χ0n) is 12.0. The van der Waals surface area contributed by atoms with Gasteiger partial charge in [-0.15, -0.1) is 0 Å². The first-order valence-corrected chi connectivity index (χ1v) is 7.03. The van der Waals surface area contributed by atoms with Crippen LogP contribution in [0.4, 0.5) is 4.79 Å². The highest BCUT2D eigenvalue weighted by Crippen LogP contribution is 2.25. The average molecular weight is 326 g/mol. The summed E-state index contributed by atoms with van der Waals surface area (Å²) in [5.41, 5.74) is 5.87. The van der Waals surface area contributed by atoms with Gasteiger partial charge in [0.25, 0.3) is 0 Å². The normalized spacial score (nSPS) is 18.6. The molecule has 1 aromatic rings. The van der Waals surface area contributed by atoms with E-state index in [1.165, 1.54) is 7.11 Å². The molecule has 3 N–H and O–H groups in total. The van der Waals surface area contributed by atoms with Gasteiger partial charge in [-0.1, -0.05) is 11.6 Å². The van der Waals surface area contributed by atoms with Gasteiger partial charge < -0.3 is 15.8 Å². The van der Waals surface area contributed by atoms with E-state index in [2.05, 4.69) is 5.32 Å². The molecule has 8 heteroatoms. The van der Waals surface area contributed by atoms with E-state index in [9.17, 15) is 14.4 Å². The maximum Gasteiger partial charge on any atom is 0.322 e. The van der Waals surface area contributed by atoms with E-state index < -0.39 is 23.9 Å². The van der Waals surface area contributed by atoms with Crippen LogP contribution < -0.4 is 15.8 Å². The molecule has 0 aromatic heterocycles. The van der Waals surface area contributed by atoms with Crippen LogP contribution in [0.2, 0.25) is 5.02 Å². The van der Waals surface area contributed by atoms with Crippen LogP contribution in [-0.2, 0) is 16.0 Å². The topological polar surface area (TPSA) is 102 Å². The molecule has 118 valence electrons. The summed E-state index contributed by atoms with van der Waals surface area (Å²) in [5.74, 6) is -0.415. The summed E-state index contributed by atoms with van der Waals surface area (Å²) >= 11 is 5.96. The number of primary amides is 1. The summed E-state index contributed by atoms with van der Waals surface area (Å²) < 4.78 is 5.22. The van der Waals surface area contributed by atoms with Gasteiger partial charge in [-0.3, -0.25) is 14.5 Å². The molecule has 0 saturated carbocycles. The molecule has 1 aliphatic heterocycles. The Balaban J connectivity index is 2.38. The second-order valence-corrected chi connectivity index (χ2v) is 5.26. The first kappa shape index (κ1) is 16.1. The van der Waals surface area contributed by atoms with Crippen LogP contribution in [0.5, 0.6) is 5.75 Å². The summed E-state index contributed by atoms with van der Waals surface area (Å²) in [6.45, 7) is 0.171. The monoisotopic (exact) mass is 325 g/mol. The zero-order valence-corrected chi connectivity index (χ0v) is 12.7. The summed E-state index contributed by atoms with van der Waals surface area (Å²) in [6, 6.07) is 2.95. The van der Waals surface area contributed by atoms with Crippen LogP contribution >= 0.6 is 11.6 Å². The SMILES string of the molecule is COc1ccc(Cl)cc1CC1C(=O)NCCC(=O)N1C(N)=O. The molecule has 1 atom stereocenters. The van der Waals surface area contributed by atoms with E-state index in [-0.39, 0.29) is 19.4 Å². The van der Waals surface area contributed by atoms with Gasteiger partial charge in [0.05, 0.1) is 7.11 Å². The van der Waals surface area contributed by atoms with Crippen molar-refractivity contribution in [2.75, 3.05) is 13.7 Å². The Morgan fingerprint density at radius 2 is 2.23 bits per heavy atom. The fourth-order valence-electron chi connectivity index (χ4n) is 2.40. The van der Waals surface area contributed by atoms with Gasteiger partial charge >= 0.3 is 6.03 Å². The number of carbonyl (C=O) groups excluding carboxylic acids is 3. The summed E-state index contributed by atoms with van der Waals surface area (Å²) in [7, 11) is 1.48. The third kappa shape index (κ3) is 3.30. The van der Waals surface area contributed by atoms with E-state index in [1.807, 2.05) is 0 Å². The minimum atomic E-state index is -1.03. The molecule has 1 aromatic carbocycles. The number of nitrogens with zero attached hydrogens (tertiary/aromatic N) is 1. The second-order valence-electron chi connectivity index (χ2n) is 4.82. The molecule has 22 heavy (non-hydrogen) atoms. The molecule has 0 radical (unpaired) electrons. The number of benzene rings is 1. The van der Waals surface area contributed by atoms with Crippen LogP contribution in [0.3, 0.4) is 0 Å². The number of carbonyl (C=O) groups is 3. The molecular weight excluding hydrogens is 310 g/mol. The number of nitrogens with two attached hydrogens (primary N) is 1. The Kier molecular flexibility index (Phi) is 4.87. The van der Waals surface area contributed by atoms with Crippen LogP contribution in [0.25, 0.3) is 0 Å². The molecule has 0 aliphatic carbocycles. The highest BCUT2D eigenvalue weighted by molar-refractivity contribution is 6.30. The standard InChI is InChI=1S/C14H16ClN3O4/c1-22-11-3-2-9(15)6-8(11)7-10-13(20)17-5-4-12(19)18(10)14(16)21/h2-3,6,10H,4-5,7H2,1H3,(H2,16,21)(H,17,20). The first-order valence-electron chi connectivity index (χ1n) is 6.65. The Morgan fingerprint density at radius 1 is 1.50 bits per heavy atom. The molecule has 1 aliphatic rings. The molecular formula is C14H16ClN3O4. The third-order valence-electron chi connectivity index (χ3n) is 3.41. The minimum Gasteiger partial charge on any atom is -0.496 e. The zero-order chi connectivity index (χ0) is 16.3. The van der Waals surface area contributed by atoms with E-state index >= 15 is 0 Å². The molecule has 0 bridgehead atoms. The minimum absolute atomic E-state index is 0.0257. The van der Waals surface area contributed by atoms with Crippen molar-refractivity contribution in [3.05, 3.63) is 28.8 Å². The molecule has 1 saturated heterocycles. The van der Waals surface area contributed by atoms with Crippen molar-refractivity contribution in [3.63, 3.8) is 0 Å². The number of ether oxygens (including phenoxy) is 1. The average Bonchev–Trinajstić information content (AvgIpc) is 2.59. The van der Waals surface area contributed by atoms with Crippen LogP contribution in [0.1, 0.15) is 12.0 Å². The first-order chi connectivity index (χ1) is 10.4. The molecule has 2 rings (SSSR count). The van der Waals surface area contributed by atoms with Gasteiger partial charge in [-0.2, -0.15) is 0 Å². The van der Waals surface area contributed by atoms with E-state index in [4.69, 9.17) is 22.1 Å². The Hall–Kier alpha value is -2.28. The lowest BCUT2D eigenvalue weighted by atomic mass is 10.0. The van der Waals surface area contributed by atoms with Gasteiger partial charge in [-0.05, 0) is 23.8 Å². The number of imide groups is 1. The van der Waals surface area contributed by atoms with Crippen molar-refractivity contribution in [1.82, 2.24) is 10.2 Å². The maximum absolute atomic E-state index is 12.2. The number of hydrogen-bond donors (Lipinski definition) is 2. The smallest absolute Gasteiger partial charge is 0.322 e. The van der Waals surface area contributed by atoms with Crippen molar-refractivity contribution in [2.24, 2.45) is 5.73 Å². The fourth-order valence-corrected chi connectivity index (χ4v) is 2.59. The number of amides is 4. The largest absolute Gasteiger partial charge is 0.496 e. The Bertz CT molecular complexity index is 620. The van der Waals surface area contributed by atoms with Crippen molar-refractivity contribution in [2.45, 2.75) is 18.9 Å². The lowest BCUT2D eigenvalue weighted by molar-refractivity contribution is -0.134. The summed E-state index contributed by atoms with van der Waals surface area (Å²) in [6.07, 6.45) is 0.0993. The number of rotatable bonds is 3. The maximum atomic E-state index is 12.2. The predicted molar refractivity (Wildman–Crippen MR) is 79.6 cm³/mol. The number of methoxy groups -OCH3 is 1. The highest BCUT2D eigenvalue weighted by atomic mass is 35.5. The molecule has 1 heterocycles. The number of urea groups is 1. The second kappa shape index (κ2) is 6.65. The lowest BCUT2D eigenvalue weighted by Crippen LogP contribution is -2.52. The molecule has 1 unspecified atom stereocenters. The molecule has 1 fully saturated rings. The van der Waals surface area contributed by atoms with Gasteiger partial charge in [0.1, 0.15) is 11.8 Å². The van der Waals surface area contributed by atoms with E-state index in [0.29, 0.717) is 16.3 Å². The van der Waals surface area contributed by atoms with E-state index in [0.717, 1.165) is 4.90 Å². The third-order valence-corrected chi connectivity index (χ3v) is 3.65. The Morgan fingerprint density at radius 3 is 2.86 bits per heavy atom. The summed E-state index contributed by atoms with van der Waals surface area (Å²) in [5, 5.41) is 3.06. The van der Waals surface area contributed by atoms with Crippen molar-refractivity contribution < 1.29 is 19.1 Å². The quantitative estimate of drug-likeness (QED) is 0.853. The molecule has 0 spiro atoms. The fraction of sp³-hybridized carbons (Fsp3) is 0.357. The van der Waals surface area contributed by atoms with Crippen molar-refractivity contribution in [3.8, 4) is 5.75 Å². The van der Waals surface area contributed by atoms with Crippen LogP contribution in [0, 0.1) is 0 Å². The number of nitrogens with one attached hydrogen (secondary N) is 1. The molecule has 7 nitrogen and oxygen atoms in total. The van der Waals surface area contributed by atoms with E-state index in [1.54, 1.807) is 18.2 Å². The Labute approximate surface area is 132 Å². The van der Waals surface area contributed by atoms with Gasteiger partial charge in [0.15, 0.2) is 0 Å². The molecule has 4 amide bonds. The lowest BCUT2D eigenvalue weighted by Gasteiger charge is -2.25. The highest BCUT2D eigenvalue weighted by Gasteiger charge is 2.36. The summed E-state index contributed by atoms with van der Waals surface area (Å²) in [4.78, 5) is 36.5. The van der Waals surface area contributed by atoms with Gasteiger partial charge in [-0.25, -0.2) is 4.79 Å². The predicted octanol–water partition coefficient (Wildman–Crippen LogP) is 0.687.